The van der Waals surface area contributed by atoms with Crippen LogP contribution < -0.4 is 0 Å². The summed E-state index contributed by atoms with van der Waals surface area (Å²) >= 11 is 5.94. The van der Waals surface area contributed by atoms with Crippen LogP contribution in [0.3, 0.4) is 0 Å². The molecule has 0 aliphatic carbocycles. The maximum Gasteiger partial charge on any atom is 0.132 e. The zero-order valence-electron chi connectivity index (χ0n) is 7.30. The fraction of sp³-hybridized carbons (Fsp3) is 0.500. The zero-order valence-corrected chi connectivity index (χ0v) is 8.05. The Morgan fingerprint density at radius 1 is 1.58 bits per heavy atom. The average Bonchev–Trinajstić information content (AvgIpc) is 2.26. The molecule has 3 nitrogen and oxygen atoms in total. The normalized spacial score (nSPS) is 12.6. The first-order valence-electron chi connectivity index (χ1n) is 3.68. The van der Waals surface area contributed by atoms with Crippen LogP contribution in [0.25, 0.3) is 0 Å². The summed E-state index contributed by atoms with van der Waals surface area (Å²) in [6.07, 6.45) is 0. The summed E-state index contributed by atoms with van der Waals surface area (Å²) in [6.45, 7) is 5.46. The standard InChI is InChI=1S/C8H10ClN3/c1-5(4-10)12-7(3)11-6(2)8(12)9/h5H,1-3H3. The molecule has 0 saturated heterocycles. The van der Waals surface area contributed by atoms with E-state index in [1.165, 1.54) is 0 Å². The van der Waals surface area contributed by atoms with Crippen LogP contribution in [0, 0.1) is 25.2 Å². The number of aryl methyl sites for hydroxylation is 2. The summed E-state index contributed by atoms with van der Waals surface area (Å²) in [5.41, 5.74) is 0.774. The minimum atomic E-state index is -0.251. The third-order valence-corrected chi connectivity index (χ3v) is 2.22. The molecule has 12 heavy (non-hydrogen) atoms. The molecule has 1 heterocycles. The molecule has 0 saturated carbocycles. The Morgan fingerprint density at radius 2 is 2.17 bits per heavy atom. The lowest BCUT2D eigenvalue weighted by atomic mass is 10.3. The maximum absolute atomic E-state index is 8.69. The van der Waals surface area contributed by atoms with E-state index in [0.29, 0.717) is 5.15 Å². The van der Waals surface area contributed by atoms with Gasteiger partial charge in [0.25, 0.3) is 0 Å². The van der Waals surface area contributed by atoms with Crippen molar-refractivity contribution in [1.82, 2.24) is 9.55 Å². The fourth-order valence-electron chi connectivity index (χ4n) is 1.17. The fourth-order valence-corrected chi connectivity index (χ4v) is 1.48. The molecular weight excluding hydrogens is 174 g/mol. The predicted molar refractivity (Wildman–Crippen MR) is 47.0 cm³/mol. The molecule has 0 N–H and O–H groups in total. The first kappa shape index (κ1) is 9.08. The quantitative estimate of drug-likeness (QED) is 0.670. The number of nitrogens with zero attached hydrogens (tertiary/aromatic N) is 3. The van der Waals surface area contributed by atoms with Gasteiger partial charge in [-0.25, -0.2) is 4.98 Å². The number of hydrogen-bond acceptors (Lipinski definition) is 2. The van der Waals surface area contributed by atoms with Crippen LogP contribution in [0.4, 0.5) is 0 Å². The van der Waals surface area contributed by atoms with Crippen molar-refractivity contribution < 1.29 is 0 Å². The molecule has 1 aromatic heterocycles. The van der Waals surface area contributed by atoms with Gasteiger partial charge in [-0.1, -0.05) is 11.6 Å². The minimum absolute atomic E-state index is 0.251. The van der Waals surface area contributed by atoms with Crippen LogP contribution in [-0.2, 0) is 0 Å². The maximum atomic E-state index is 8.69. The summed E-state index contributed by atoms with van der Waals surface area (Å²) in [5.74, 6) is 0.784. The number of imidazole rings is 1. The van der Waals surface area contributed by atoms with Gasteiger partial charge < -0.3 is 4.57 Å². The lowest BCUT2D eigenvalue weighted by Gasteiger charge is -2.07. The highest BCUT2D eigenvalue weighted by molar-refractivity contribution is 6.30. The van der Waals surface area contributed by atoms with Crippen molar-refractivity contribution in [2.45, 2.75) is 26.8 Å². The van der Waals surface area contributed by atoms with E-state index in [0.717, 1.165) is 11.5 Å². The van der Waals surface area contributed by atoms with E-state index in [1.54, 1.807) is 11.5 Å². The number of rotatable bonds is 1. The SMILES string of the molecule is Cc1nc(C)n(C(C)C#N)c1Cl. The third kappa shape index (κ3) is 1.30. The van der Waals surface area contributed by atoms with E-state index < -0.39 is 0 Å². The van der Waals surface area contributed by atoms with Crippen molar-refractivity contribution in [3.8, 4) is 6.07 Å². The number of nitriles is 1. The highest BCUT2D eigenvalue weighted by atomic mass is 35.5. The summed E-state index contributed by atoms with van der Waals surface area (Å²) in [7, 11) is 0. The molecule has 0 amide bonds. The smallest absolute Gasteiger partial charge is 0.132 e. The Morgan fingerprint density at radius 3 is 2.50 bits per heavy atom. The highest BCUT2D eigenvalue weighted by Gasteiger charge is 2.13. The lowest BCUT2D eigenvalue weighted by molar-refractivity contribution is 0.650. The molecule has 4 heteroatoms. The molecule has 0 spiro atoms. The Balaban J connectivity index is 3.24. The Labute approximate surface area is 76.6 Å². The van der Waals surface area contributed by atoms with Crippen LogP contribution >= 0.6 is 11.6 Å². The van der Waals surface area contributed by atoms with E-state index in [1.807, 2.05) is 13.8 Å². The first-order chi connectivity index (χ1) is 5.57. The molecule has 1 aromatic rings. The molecule has 1 rings (SSSR count). The molecule has 0 aromatic carbocycles. The minimum Gasteiger partial charge on any atom is -0.303 e. The largest absolute Gasteiger partial charge is 0.303 e. The van der Waals surface area contributed by atoms with E-state index >= 15 is 0 Å². The number of hydrogen-bond donors (Lipinski definition) is 0. The highest BCUT2D eigenvalue weighted by Crippen LogP contribution is 2.21. The van der Waals surface area contributed by atoms with Gasteiger partial charge >= 0.3 is 0 Å². The molecule has 0 aliphatic heterocycles. The lowest BCUT2D eigenvalue weighted by Crippen LogP contribution is -2.04. The first-order valence-corrected chi connectivity index (χ1v) is 4.06. The van der Waals surface area contributed by atoms with Gasteiger partial charge in [0.05, 0.1) is 11.8 Å². The molecule has 0 aliphatic rings. The van der Waals surface area contributed by atoms with Gasteiger partial charge in [0, 0.05) is 0 Å². The van der Waals surface area contributed by atoms with Crippen LogP contribution in [0.1, 0.15) is 24.5 Å². The van der Waals surface area contributed by atoms with Gasteiger partial charge in [-0.3, -0.25) is 0 Å². The van der Waals surface area contributed by atoms with Gasteiger partial charge in [0.15, 0.2) is 0 Å². The topological polar surface area (TPSA) is 41.6 Å². The van der Waals surface area contributed by atoms with E-state index in [-0.39, 0.29) is 6.04 Å². The Hall–Kier alpha value is -1.01. The second-order valence-corrected chi connectivity index (χ2v) is 3.07. The molecule has 64 valence electrons. The van der Waals surface area contributed by atoms with Crippen molar-refractivity contribution in [3.63, 3.8) is 0 Å². The predicted octanol–water partition coefficient (Wildman–Crippen LogP) is 2.24. The number of aromatic nitrogens is 2. The van der Waals surface area contributed by atoms with Crippen molar-refractivity contribution in [3.05, 3.63) is 16.7 Å². The van der Waals surface area contributed by atoms with Gasteiger partial charge in [0.2, 0.25) is 0 Å². The molecule has 1 unspecified atom stereocenters. The summed E-state index contributed by atoms with van der Waals surface area (Å²) < 4.78 is 1.72. The van der Waals surface area contributed by atoms with Crippen LogP contribution in [0.2, 0.25) is 5.15 Å². The van der Waals surface area contributed by atoms with E-state index in [4.69, 9.17) is 16.9 Å². The van der Waals surface area contributed by atoms with Crippen molar-refractivity contribution in [2.24, 2.45) is 0 Å². The van der Waals surface area contributed by atoms with Gasteiger partial charge in [-0.2, -0.15) is 5.26 Å². The second kappa shape index (κ2) is 3.16. The summed E-state index contributed by atoms with van der Waals surface area (Å²) in [5, 5.41) is 9.25. The van der Waals surface area contributed by atoms with Gasteiger partial charge in [0.1, 0.15) is 17.0 Å². The van der Waals surface area contributed by atoms with E-state index in [2.05, 4.69) is 11.1 Å². The molecule has 0 bridgehead atoms. The zero-order chi connectivity index (χ0) is 9.30. The van der Waals surface area contributed by atoms with E-state index in [9.17, 15) is 0 Å². The van der Waals surface area contributed by atoms with Crippen molar-refractivity contribution >= 4 is 11.6 Å². The van der Waals surface area contributed by atoms with Crippen LogP contribution in [0.15, 0.2) is 0 Å². The van der Waals surface area contributed by atoms with Gasteiger partial charge in [-0.05, 0) is 20.8 Å². The van der Waals surface area contributed by atoms with Crippen LogP contribution in [0.5, 0.6) is 0 Å². The Bertz CT molecular complexity index is 335. The van der Waals surface area contributed by atoms with Crippen molar-refractivity contribution in [2.75, 3.05) is 0 Å². The monoisotopic (exact) mass is 183 g/mol. The summed E-state index contributed by atoms with van der Waals surface area (Å²) in [4.78, 5) is 4.16. The third-order valence-electron chi connectivity index (χ3n) is 1.76. The summed E-state index contributed by atoms with van der Waals surface area (Å²) in [6, 6.07) is 1.86. The Kier molecular flexibility index (Phi) is 2.39. The van der Waals surface area contributed by atoms with Crippen molar-refractivity contribution in [1.29, 1.82) is 5.26 Å². The molecule has 1 atom stereocenters. The molecular formula is C8H10ClN3. The molecule has 0 fully saturated rings. The number of halogens is 1. The van der Waals surface area contributed by atoms with Gasteiger partial charge in [-0.15, -0.1) is 0 Å². The van der Waals surface area contributed by atoms with Crippen LogP contribution in [-0.4, -0.2) is 9.55 Å². The average molecular weight is 184 g/mol. The second-order valence-electron chi connectivity index (χ2n) is 2.71. The molecule has 0 radical (unpaired) electrons.